The van der Waals surface area contributed by atoms with Gasteiger partial charge in [0.25, 0.3) is 0 Å². The summed E-state index contributed by atoms with van der Waals surface area (Å²) >= 11 is 2.74. The summed E-state index contributed by atoms with van der Waals surface area (Å²) in [6.07, 6.45) is 3.57. The summed E-state index contributed by atoms with van der Waals surface area (Å²) < 4.78 is 14.2. The Morgan fingerprint density at radius 2 is 1.85 bits per heavy atom. The number of thiazole rings is 1. The number of halogens is 1. The molecule has 1 atom stereocenters. The van der Waals surface area contributed by atoms with Crippen molar-refractivity contribution >= 4 is 49.6 Å². The molecule has 0 radical (unpaired) electrons. The minimum atomic E-state index is -0.241. The van der Waals surface area contributed by atoms with E-state index in [9.17, 15) is 9.18 Å². The quantitative estimate of drug-likeness (QED) is 0.351. The SMILES string of the molecule is O=C1S/C(=C\c2ccc(CCNc3nc4ccc(F)cc4s3)cc2)N[C@H]1Cc1ccccc1. The topological polar surface area (TPSA) is 54.0 Å². The fraction of sp³-hybridized carbons (Fsp3) is 0.154. The maximum atomic E-state index is 13.3. The lowest BCUT2D eigenvalue weighted by Gasteiger charge is -2.08. The third-order valence-corrected chi connectivity index (χ3v) is 7.33. The second-order valence-electron chi connectivity index (χ2n) is 7.87. The van der Waals surface area contributed by atoms with Gasteiger partial charge in [-0.25, -0.2) is 9.37 Å². The van der Waals surface area contributed by atoms with Crippen LogP contribution in [0.5, 0.6) is 0 Å². The summed E-state index contributed by atoms with van der Waals surface area (Å²) in [6.45, 7) is 0.746. The van der Waals surface area contributed by atoms with E-state index in [0.29, 0.717) is 6.42 Å². The molecule has 2 N–H and O–H groups in total. The summed E-state index contributed by atoms with van der Waals surface area (Å²) in [4.78, 5) is 16.9. The smallest absolute Gasteiger partial charge is 0.217 e. The zero-order valence-electron chi connectivity index (χ0n) is 17.8. The van der Waals surface area contributed by atoms with Gasteiger partial charge in [-0.1, -0.05) is 65.9 Å². The van der Waals surface area contributed by atoms with Gasteiger partial charge in [0.15, 0.2) is 5.13 Å². The molecule has 0 unspecified atom stereocenters. The lowest BCUT2D eigenvalue weighted by molar-refractivity contribution is -0.112. The second kappa shape index (κ2) is 9.77. The Morgan fingerprint density at radius 1 is 1.03 bits per heavy atom. The molecule has 1 saturated heterocycles. The average Bonchev–Trinajstić information content (AvgIpc) is 3.37. The lowest BCUT2D eigenvalue weighted by atomic mass is 10.1. The van der Waals surface area contributed by atoms with Crippen LogP contribution >= 0.6 is 23.1 Å². The number of fused-ring (bicyclic) bond motifs is 1. The van der Waals surface area contributed by atoms with Crippen LogP contribution in [0.3, 0.4) is 0 Å². The van der Waals surface area contributed by atoms with E-state index in [1.54, 1.807) is 6.07 Å². The molecule has 0 spiro atoms. The predicted molar refractivity (Wildman–Crippen MR) is 136 cm³/mol. The Bertz CT molecular complexity index is 1300. The summed E-state index contributed by atoms with van der Waals surface area (Å²) in [5.74, 6) is -0.241. The number of benzene rings is 3. The first-order valence-electron chi connectivity index (χ1n) is 10.8. The lowest BCUT2D eigenvalue weighted by Crippen LogP contribution is -2.28. The number of anilines is 1. The number of carbonyl (C=O) groups is 1. The van der Waals surface area contributed by atoms with Gasteiger partial charge in [-0.05, 0) is 59.1 Å². The van der Waals surface area contributed by atoms with Crippen molar-refractivity contribution in [1.82, 2.24) is 10.3 Å². The molecule has 0 saturated carbocycles. The Labute approximate surface area is 199 Å². The molecule has 4 aromatic rings. The number of hydrogen-bond acceptors (Lipinski definition) is 6. The van der Waals surface area contributed by atoms with Crippen molar-refractivity contribution in [2.24, 2.45) is 0 Å². The van der Waals surface area contributed by atoms with Crippen molar-refractivity contribution in [3.8, 4) is 0 Å². The van der Waals surface area contributed by atoms with Crippen LogP contribution in [0, 0.1) is 5.82 Å². The van der Waals surface area contributed by atoms with Crippen LogP contribution in [-0.4, -0.2) is 22.7 Å². The number of thioether (sulfide) groups is 1. The molecular weight excluding hydrogens is 453 g/mol. The minimum Gasteiger partial charge on any atom is -0.369 e. The molecule has 0 aliphatic carbocycles. The van der Waals surface area contributed by atoms with Gasteiger partial charge in [-0.3, -0.25) is 4.79 Å². The zero-order chi connectivity index (χ0) is 22.6. The number of rotatable bonds is 7. The predicted octanol–water partition coefficient (Wildman–Crippen LogP) is 5.86. The fourth-order valence-electron chi connectivity index (χ4n) is 3.71. The second-order valence-corrected chi connectivity index (χ2v) is 9.94. The van der Waals surface area contributed by atoms with Gasteiger partial charge >= 0.3 is 0 Å². The molecule has 1 aliphatic heterocycles. The first-order valence-corrected chi connectivity index (χ1v) is 12.4. The largest absolute Gasteiger partial charge is 0.369 e. The Hall–Kier alpha value is -3.16. The molecule has 1 aromatic heterocycles. The van der Waals surface area contributed by atoms with Gasteiger partial charge in [0, 0.05) is 13.0 Å². The minimum absolute atomic E-state index is 0.158. The van der Waals surface area contributed by atoms with E-state index in [1.807, 2.05) is 36.4 Å². The van der Waals surface area contributed by atoms with Crippen LogP contribution in [0.15, 0.2) is 77.8 Å². The normalized spacial score (nSPS) is 16.9. The number of carbonyl (C=O) groups excluding carboxylic acids is 1. The van der Waals surface area contributed by atoms with Crippen LogP contribution in [0.1, 0.15) is 16.7 Å². The molecule has 33 heavy (non-hydrogen) atoms. The number of nitrogens with zero attached hydrogens (tertiary/aromatic N) is 1. The van der Waals surface area contributed by atoms with E-state index in [4.69, 9.17) is 0 Å². The van der Waals surface area contributed by atoms with Crippen LogP contribution in [0.25, 0.3) is 16.3 Å². The maximum Gasteiger partial charge on any atom is 0.217 e. The van der Waals surface area contributed by atoms with E-state index in [0.717, 1.165) is 44.5 Å². The van der Waals surface area contributed by atoms with Gasteiger partial charge in [0.2, 0.25) is 5.12 Å². The zero-order valence-corrected chi connectivity index (χ0v) is 19.4. The van der Waals surface area contributed by atoms with Crippen molar-refractivity contribution in [3.63, 3.8) is 0 Å². The van der Waals surface area contributed by atoms with E-state index in [2.05, 4.69) is 39.9 Å². The molecule has 1 aliphatic rings. The van der Waals surface area contributed by atoms with Crippen LogP contribution in [0.4, 0.5) is 9.52 Å². The molecule has 0 amide bonds. The molecular formula is C26H22FN3OS2. The van der Waals surface area contributed by atoms with E-state index >= 15 is 0 Å². The first kappa shape index (κ1) is 21.7. The van der Waals surface area contributed by atoms with Gasteiger partial charge in [0.1, 0.15) is 11.9 Å². The molecule has 166 valence electrons. The molecule has 0 bridgehead atoms. The highest BCUT2D eigenvalue weighted by Gasteiger charge is 2.28. The molecule has 4 nitrogen and oxygen atoms in total. The van der Waals surface area contributed by atoms with Crippen molar-refractivity contribution in [2.75, 3.05) is 11.9 Å². The van der Waals surface area contributed by atoms with Gasteiger partial charge < -0.3 is 10.6 Å². The average molecular weight is 476 g/mol. The Kier molecular flexibility index (Phi) is 6.41. The highest BCUT2D eigenvalue weighted by atomic mass is 32.2. The Balaban J connectivity index is 1.15. The standard InChI is InChI=1S/C26H22FN3OS2/c27-20-10-11-21-23(16-20)32-26(30-21)28-13-12-17-6-8-19(9-7-17)15-24-29-22(25(31)33-24)14-18-4-2-1-3-5-18/h1-11,15-16,22,29H,12-14H2,(H,28,30)/b24-15-/t22-/m0/s1. The van der Waals surface area contributed by atoms with Crippen LogP contribution in [-0.2, 0) is 17.6 Å². The van der Waals surface area contributed by atoms with Crippen molar-refractivity contribution < 1.29 is 9.18 Å². The van der Waals surface area contributed by atoms with Crippen molar-refractivity contribution in [3.05, 3.63) is 100 Å². The first-order chi connectivity index (χ1) is 16.1. The monoisotopic (exact) mass is 475 g/mol. The van der Waals surface area contributed by atoms with Gasteiger partial charge in [-0.15, -0.1) is 0 Å². The van der Waals surface area contributed by atoms with E-state index < -0.39 is 0 Å². The van der Waals surface area contributed by atoms with Crippen LogP contribution in [0.2, 0.25) is 0 Å². The summed E-state index contributed by atoms with van der Waals surface area (Å²) in [5, 5.41) is 8.53. The Morgan fingerprint density at radius 3 is 2.67 bits per heavy atom. The highest BCUT2D eigenvalue weighted by Crippen LogP contribution is 2.28. The van der Waals surface area contributed by atoms with Crippen molar-refractivity contribution in [2.45, 2.75) is 18.9 Å². The number of hydrogen-bond donors (Lipinski definition) is 2. The van der Waals surface area contributed by atoms with E-state index in [1.165, 1.54) is 40.8 Å². The third kappa shape index (κ3) is 5.43. The summed E-state index contributed by atoms with van der Waals surface area (Å²) in [6, 6.07) is 22.9. The van der Waals surface area contributed by atoms with Crippen molar-refractivity contribution in [1.29, 1.82) is 0 Å². The molecule has 5 rings (SSSR count). The van der Waals surface area contributed by atoms with Crippen LogP contribution < -0.4 is 10.6 Å². The molecule has 1 fully saturated rings. The highest BCUT2D eigenvalue weighted by molar-refractivity contribution is 8.17. The molecule has 3 aromatic carbocycles. The molecule has 7 heteroatoms. The maximum absolute atomic E-state index is 13.3. The summed E-state index contributed by atoms with van der Waals surface area (Å²) in [5.41, 5.74) is 4.23. The van der Waals surface area contributed by atoms with Gasteiger partial charge in [0.05, 0.1) is 15.2 Å². The third-order valence-electron chi connectivity index (χ3n) is 5.41. The fourth-order valence-corrected chi connectivity index (χ4v) is 5.53. The van der Waals surface area contributed by atoms with E-state index in [-0.39, 0.29) is 17.0 Å². The summed E-state index contributed by atoms with van der Waals surface area (Å²) in [7, 11) is 0. The number of nitrogens with one attached hydrogen (secondary N) is 2. The number of aromatic nitrogens is 1. The van der Waals surface area contributed by atoms with Gasteiger partial charge in [-0.2, -0.15) is 0 Å². The molecule has 2 heterocycles.